The topological polar surface area (TPSA) is 60.4 Å². The Bertz CT molecular complexity index is 1050. The SMILES string of the molecule is Cc1cc(CC2C(=O)C3=C(CCCC3)C2=O)c2c(c1)C(c1ccccc1)C(=O)O2. The van der Waals surface area contributed by atoms with Gasteiger partial charge in [0.05, 0.1) is 5.92 Å². The van der Waals surface area contributed by atoms with Crippen LogP contribution in [0, 0.1) is 12.8 Å². The van der Waals surface area contributed by atoms with Gasteiger partial charge in [-0.2, -0.15) is 0 Å². The Labute approximate surface area is 169 Å². The Hall–Kier alpha value is -3.01. The molecule has 0 fully saturated rings. The van der Waals surface area contributed by atoms with E-state index in [2.05, 4.69) is 0 Å². The number of rotatable bonds is 3. The van der Waals surface area contributed by atoms with E-state index < -0.39 is 11.8 Å². The number of ketones is 2. The molecule has 146 valence electrons. The second kappa shape index (κ2) is 6.80. The summed E-state index contributed by atoms with van der Waals surface area (Å²) in [5, 5.41) is 0. The summed E-state index contributed by atoms with van der Waals surface area (Å²) in [6, 6.07) is 13.5. The van der Waals surface area contributed by atoms with E-state index in [1.54, 1.807) is 0 Å². The van der Waals surface area contributed by atoms with Gasteiger partial charge in [0.15, 0.2) is 11.6 Å². The first-order valence-electron chi connectivity index (χ1n) is 10.2. The number of hydrogen-bond acceptors (Lipinski definition) is 4. The number of Topliss-reactive ketones (excluding diaryl/α,β-unsaturated/α-hetero) is 2. The maximum Gasteiger partial charge on any atom is 0.323 e. The molecule has 0 N–H and O–H groups in total. The van der Waals surface area contributed by atoms with E-state index in [-0.39, 0.29) is 17.5 Å². The molecule has 1 aliphatic heterocycles. The highest BCUT2D eigenvalue weighted by atomic mass is 16.5. The first-order chi connectivity index (χ1) is 14.0. The van der Waals surface area contributed by atoms with Gasteiger partial charge in [-0.05, 0) is 50.2 Å². The third-order valence-corrected chi connectivity index (χ3v) is 6.34. The summed E-state index contributed by atoms with van der Waals surface area (Å²) in [5.74, 6) is -0.961. The van der Waals surface area contributed by atoms with Crippen molar-refractivity contribution in [2.75, 3.05) is 0 Å². The molecule has 0 amide bonds. The number of esters is 1. The minimum absolute atomic E-state index is 0.0242. The van der Waals surface area contributed by atoms with Crippen LogP contribution in [0.25, 0.3) is 0 Å². The van der Waals surface area contributed by atoms with E-state index in [1.807, 2.05) is 49.4 Å². The number of carbonyl (C=O) groups excluding carboxylic acids is 3. The molecule has 2 aliphatic carbocycles. The fourth-order valence-corrected chi connectivity index (χ4v) is 5.01. The lowest BCUT2D eigenvalue weighted by Crippen LogP contribution is -2.20. The second-order valence-corrected chi connectivity index (χ2v) is 8.26. The number of allylic oxidation sites excluding steroid dienone is 2. The van der Waals surface area contributed by atoms with Crippen molar-refractivity contribution < 1.29 is 19.1 Å². The summed E-state index contributed by atoms with van der Waals surface area (Å²) < 4.78 is 5.68. The van der Waals surface area contributed by atoms with E-state index in [4.69, 9.17) is 4.74 Å². The Morgan fingerprint density at radius 2 is 1.59 bits per heavy atom. The summed E-state index contributed by atoms with van der Waals surface area (Å²) in [6.07, 6.45) is 3.67. The second-order valence-electron chi connectivity index (χ2n) is 8.26. The molecule has 5 rings (SSSR count). The van der Waals surface area contributed by atoms with E-state index in [9.17, 15) is 14.4 Å². The lowest BCUT2D eigenvalue weighted by atomic mass is 9.87. The van der Waals surface area contributed by atoms with E-state index in [0.29, 0.717) is 25.0 Å². The molecule has 0 aromatic heterocycles. The summed E-state index contributed by atoms with van der Waals surface area (Å²) >= 11 is 0. The van der Waals surface area contributed by atoms with Gasteiger partial charge >= 0.3 is 5.97 Å². The summed E-state index contributed by atoms with van der Waals surface area (Å²) in [6.45, 7) is 1.97. The lowest BCUT2D eigenvalue weighted by molar-refractivity contribution is -0.133. The van der Waals surface area contributed by atoms with Gasteiger partial charge in [-0.15, -0.1) is 0 Å². The zero-order valence-corrected chi connectivity index (χ0v) is 16.4. The van der Waals surface area contributed by atoms with Crippen LogP contribution in [0.4, 0.5) is 0 Å². The van der Waals surface area contributed by atoms with E-state index in [1.165, 1.54) is 0 Å². The first-order valence-corrected chi connectivity index (χ1v) is 10.2. The molecule has 0 saturated heterocycles. The van der Waals surface area contributed by atoms with Gasteiger partial charge in [0.2, 0.25) is 0 Å². The standard InChI is InChI=1S/C25H22O4/c1-14-11-16(13-20-22(26)17-9-5-6-10-18(17)23(20)27)24-19(12-14)21(25(28)29-24)15-7-3-2-4-8-15/h2-4,7-8,11-12,20-21H,5-6,9-10,13H2,1H3. The van der Waals surface area contributed by atoms with Gasteiger partial charge in [-0.25, -0.2) is 0 Å². The third-order valence-electron chi connectivity index (χ3n) is 6.34. The molecule has 4 heteroatoms. The highest BCUT2D eigenvalue weighted by Crippen LogP contribution is 2.44. The van der Waals surface area contributed by atoms with Crippen LogP contribution in [0.15, 0.2) is 53.6 Å². The van der Waals surface area contributed by atoms with Crippen molar-refractivity contribution in [1.29, 1.82) is 0 Å². The minimum atomic E-state index is -0.668. The van der Waals surface area contributed by atoms with E-state index in [0.717, 1.165) is 46.2 Å². The van der Waals surface area contributed by atoms with Crippen molar-refractivity contribution in [3.8, 4) is 5.75 Å². The molecular weight excluding hydrogens is 364 g/mol. The number of aryl methyl sites for hydroxylation is 1. The predicted molar refractivity (Wildman–Crippen MR) is 108 cm³/mol. The number of fused-ring (bicyclic) bond motifs is 1. The van der Waals surface area contributed by atoms with Crippen molar-refractivity contribution in [2.45, 2.75) is 44.9 Å². The molecule has 1 unspecified atom stereocenters. The zero-order valence-electron chi connectivity index (χ0n) is 16.4. The Kier molecular flexibility index (Phi) is 4.23. The number of carbonyl (C=O) groups is 3. The first kappa shape index (κ1) is 18.0. The van der Waals surface area contributed by atoms with Gasteiger partial charge in [-0.1, -0.05) is 48.0 Å². The minimum Gasteiger partial charge on any atom is -0.425 e. The van der Waals surface area contributed by atoms with Crippen LogP contribution in [-0.2, 0) is 20.8 Å². The molecule has 1 atom stereocenters. The number of hydrogen-bond donors (Lipinski definition) is 0. The van der Waals surface area contributed by atoms with Crippen LogP contribution in [0.1, 0.15) is 53.9 Å². The van der Waals surface area contributed by atoms with Crippen molar-refractivity contribution in [3.63, 3.8) is 0 Å². The van der Waals surface area contributed by atoms with Crippen LogP contribution in [0.2, 0.25) is 0 Å². The Morgan fingerprint density at radius 1 is 0.931 bits per heavy atom. The van der Waals surface area contributed by atoms with Gasteiger partial charge in [0.25, 0.3) is 0 Å². The molecule has 0 saturated carbocycles. The molecule has 1 heterocycles. The van der Waals surface area contributed by atoms with Gasteiger partial charge < -0.3 is 4.74 Å². The third kappa shape index (κ3) is 2.86. The van der Waals surface area contributed by atoms with Crippen LogP contribution < -0.4 is 4.74 Å². The fraction of sp³-hybridized carbons (Fsp3) is 0.320. The molecular formula is C25H22O4. The monoisotopic (exact) mass is 386 g/mol. The van der Waals surface area contributed by atoms with Gasteiger partial charge in [0, 0.05) is 16.7 Å². The molecule has 4 nitrogen and oxygen atoms in total. The highest BCUT2D eigenvalue weighted by molar-refractivity contribution is 6.24. The normalized spacial score (nSPS) is 21.4. The van der Waals surface area contributed by atoms with Crippen LogP contribution in [-0.4, -0.2) is 17.5 Å². The van der Waals surface area contributed by atoms with Crippen molar-refractivity contribution in [3.05, 3.63) is 75.9 Å². The number of ether oxygens (including phenoxy) is 1. The van der Waals surface area contributed by atoms with Crippen LogP contribution in [0.3, 0.4) is 0 Å². The average Bonchev–Trinajstić information content (AvgIpc) is 3.18. The zero-order chi connectivity index (χ0) is 20.1. The van der Waals surface area contributed by atoms with Crippen molar-refractivity contribution in [1.82, 2.24) is 0 Å². The lowest BCUT2D eigenvalue weighted by Gasteiger charge is -2.13. The molecule has 29 heavy (non-hydrogen) atoms. The smallest absolute Gasteiger partial charge is 0.323 e. The molecule has 3 aliphatic rings. The van der Waals surface area contributed by atoms with Crippen LogP contribution in [0.5, 0.6) is 5.75 Å². The molecule has 0 radical (unpaired) electrons. The van der Waals surface area contributed by atoms with Crippen molar-refractivity contribution in [2.24, 2.45) is 5.92 Å². The molecule has 0 bridgehead atoms. The fourth-order valence-electron chi connectivity index (χ4n) is 5.01. The average molecular weight is 386 g/mol. The maximum absolute atomic E-state index is 12.9. The summed E-state index contributed by atoms with van der Waals surface area (Å²) in [4.78, 5) is 38.5. The quantitative estimate of drug-likeness (QED) is 0.450. The summed E-state index contributed by atoms with van der Waals surface area (Å²) in [5.41, 5.74) is 4.97. The molecule has 2 aromatic rings. The molecule has 2 aromatic carbocycles. The Balaban J connectivity index is 1.52. The highest BCUT2D eigenvalue weighted by Gasteiger charge is 2.43. The molecule has 0 spiro atoms. The largest absolute Gasteiger partial charge is 0.425 e. The number of benzene rings is 2. The predicted octanol–water partition coefficient (Wildman–Crippen LogP) is 4.23. The Morgan fingerprint density at radius 3 is 2.24 bits per heavy atom. The van der Waals surface area contributed by atoms with Crippen molar-refractivity contribution >= 4 is 17.5 Å². The summed E-state index contributed by atoms with van der Waals surface area (Å²) in [7, 11) is 0. The van der Waals surface area contributed by atoms with E-state index >= 15 is 0 Å². The van der Waals surface area contributed by atoms with Gasteiger partial charge in [-0.3, -0.25) is 14.4 Å². The van der Waals surface area contributed by atoms with Gasteiger partial charge in [0.1, 0.15) is 11.7 Å². The van der Waals surface area contributed by atoms with Crippen LogP contribution >= 0.6 is 0 Å². The maximum atomic E-state index is 12.9.